The van der Waals surface area contributed by atoms with Crippen LogP contribution < -0.4 is 0 Å². The second-order valence-corrected chi connectivity index (χ2v) is 6.26. The van der Waals surface area contributed by atoms with Crippen LogP contribution in [0.3, 0.4) is 0 Å². The first kappa shape index (κ1) is 18.3. The van der Waals surface area contributed by atoms with Crippen molar-refractivity contribution < 1.29 is 4.42 Å². The predicted molar refractivity (Wildman–Crippen MR) is 114 cm³/mol. The molecule has 3 aromatic carbocycles. The normalized spacial score (nSPS) is 10.6. The summed E-state index contributed by atoms with van der Waals surface area (Å²) < 4.78 is 5.96. The van der Waals surface area contributed by atoms with E-state index >= 15 is 0 Å². The van der Waals surface area contributed by atoms with Gasteiger partial charge in [0.15, 0.2) is 11.6 Å². The van der Waals surface area contributed by atoms with E-state index in [4.69, 9.17) is 16.0 Å². The maximum absolute atomic E-state index is 6.15. The number of para-hydroxylation sites is 1. The van der Waals surface area contributed by atoms with Crippen LogP contribution in [0.2, 0.25) is 5.28 Å². The molecular formula is C21H12B2ClN3O. The van der Waals surface area contributed by atoms with Crippen LogP contribution in [-0.4, -0.2) is 30.4 Å². The summed E-state index contributed by atoms with van der Waals surface area (Å²) in [6.07, 6.45) is 0. The molecule has 2 aromatic heterocycles. The minimum Gasteiger partial charge on any atom is -0.456 e. The first-order valence-electron chi connectivity index (χ1n) is 8.50. The molecule has 130 valence electrons. The fourth-order valence-electron chi connectivity index (χ4n) is 3.06. The minimum absolute atomic E-state index is 0.165. The van der Waals surface area contributed by atoms with Crippen LogP contribution in [0, 0.1) is 0 Å². The van der Waals surface area contributed by atoms with Crippen LogP contribution in [0.15, 0.2) is 77.2 Å². The Morgan fingerprint density at radius 1 is 0.643 bits per heavy atom. The lowest BCUT2D eigenvalue weighted by Gasteiger charge is -2.04. The fourth-order valence-corrected chi connectivity index (χ4v) is 3.22. The zero-order chi connectivity index (χ0) is 19.5. The molecule has 4 nitrogen and oxygen atoms in total. The second kappa shape index (κ2) is 7.87. The van der Waals surface area contributed by atoms with Gasteiger partial charge in [0.25, 0.3) is 0 Å². The molecule has 0 N–H and O–H groups in total. The molecule has 0 unspecified atom stereocenters. The Balaban J connectivity index is 0.000000932. The van der Waals surface area contributed by atoms with Crippen LogP contribution in [0.5, 0.6) is 0 Å². The Hall–Kier alpha value is -3.11. The van der Waals surface area contributed by atoms with Gasteiger partial charge in [-0.05, 0) is 29.8 Å². The summed E-state index contributed by atoms with van der Waals surface area (Å²) in [5.74, 6) is 1.07. The van der Waals surface area contributed by atoms with Crippen molar-refractivity contribution in [1.29, 1.82) is 0 Å². The van der Waals surface area contributed by atoms with Gasteiger partial charge in [-0.15, -0.1) is 0 Å². The smallest absolute Gasteiger partial charge is 0.226 e. The zero-order valence-electron chi connectivity index (χ0n) is 14.7. The lowest BCUT2D eigenvalue weighted by atomic mass is 9.81. The Morgan fingerprint density at radius 3 is 2.07 bits per heavy atom. The predicted octanol–water partition coefficient (Wildman–Crippen LogP) is 5.00. The standard InChI is InChI=1S/C21H12ClN3O.B2/c22-21-24-19(13-6-2-1-3-7-13)23-20(25-21)14-10-11-16-15-8-4-5-9-17(15)26-18(16)12-14;1-2/h1-12H;. The number of halogens is 1. The molecule has 5 aromatic rings. The minimum atomic E-state index is 0.165. The van der Waals surface area contributed by atoms with E-state index in [1.807, 2.05) is 72.8 Å². The van der Waals surface area contributed by atoms with E-state index in [0.717, 1.165) is 33.1 Å². The summed E-state index contributed by atoms with van der Waals surface area (Å²) >= 11 is 6.15. The number of furan rings is 1. The zero-order valence-corrected chi connectivity index (χ0v) is 15.5. The highest BCUT2D eigenvalue weighted by molar-refractivity contribution is 6.75. The summed E-state index contributed by atoms with van der Waals surface area (Å²) in [6, 6.07) is 23.6. The lowest BCUT2D eigenvalue weighted by molar-refractivity contribution is 0.669. The number of hydrogen-bond acceptors (Lipinski definition) is 4. The third-order valence-electron chi connectivity index (χ3n) is 4.28. The molecule has 0 saturated carbocycles. The third-order valence-corrected chi connectivity index (χ3v) is 4.45. The van der Waals surface area contributed by atoms with Crippen molar-refractivity contribution >= 4 is 49.0 Å². The lowest BCUT2D eigenvalue weighted by Crippen LogP contribution is -1.97. The highest BCUT2D eigenvalue weighted by atomic mass is 35.5. The molecule has 0 aliphatic rings. The van der Waals surface area contributed by atoms with Gasteiger partial charge in [0, 0.05) is 37.4 Å². The number of hydrogen-bond donors (Lipinski definition) is 0. The van der Waals surface area contributed by atoms with E-state index in [9.17, 15) is 0 Å². The van der Waals surface area contributed by atoms with Crippen molar-refractivity contribution in [2.45, 2.75) is 0 Å². The molecule has 0 spiro atoms. The van der Waals surface area contributed by atoms with E-state index in [0.29, 0.717) is 11.6 Å². The summed E-state index contributed by atoms with van der Waals surface area (Å²) in [5.41, 5.74) is 3.38. The van der Waals surface area contributed by atoms with E-state index in [-0.39, 0.29) is 5.28 Å². The molecule has 5 rings (SSSR count). The molecule has 0 aliphatic heterocycles. The summed E-state index contributed by atoms with van der Waals surface area (Å²) in [6.45, 7) is 0. The number of aromatic nitrogens is 3. The molecule has 7 heteroatoms. The van der Waals surface area contributed by atoms with Crippen LogP contribution in [0.25, 0.3) is 44.7 Å². The van der Waals surface area contributed by atoms with Crippen molar-refractivity contribution in [3.05, 3.63) is 78.1 Å². The number of benzene rings is 3. The van der Waals surface area contributed by atoms with Gasteiger partial charge in [0.2, 0.25) is 5.28 Å². The molecule has 0 saturated heterocycles. The molecule has 0 fully saturated rings. The quantitative estimate of drug-likeness (QED) is 0.405. The molecule has 0 aliphatic carbocycles. The maximum atomic E-state index is 6.15. The van der Waals surface area contributed by atoms with Gasteiger partial charge in [-0.25, -0.2) is 4.98 Å². The van der Waals surface area contributed by atoms with Gasteiger partial charge in [-0.1, -0.05) is 54.6 Å². The maximum Gasteiger partial charge on any atom is 0.226 e. The molecule has 2 heterocycles. The second-order valence-electron chi connectivity index (χ2n) is 5.93. The highest BCUT2D eigenvalue weighted by Crippen LogP contribution is 2.31. The average Bonchev–Trinajstić information content (AvgIpc) is 3.13. The van der Waals surface area contributed by atoms with E-state index in [1.165, 1.54) is 0 Å². The van der Waals surface area contributed by atoms with Crippen LogP contribution >= 0.6 is 11.6 Å². The molecule has 0 amide bonds. The van der Waals surface area contributed by atoms with E-state index < -0.39 is 0 Å². The van der Waals surface area contributed by atoms with Crippen molar-refractivity contribution in [3.63, 3.8) is 0 Å². The number of nitrogens with zero attached hydrogens (tertiary/aromatic N) is 3. The number of fused-ring (bicyclic) bond motifs is 3. The monoisotopic (exact) mass is 379 g/mol. The van der Waals surface area contributed by atoms with Gasteiger partial charge in [0.1, 0.15) is 11.2 Å². The Morgan fingerprint density at radius 2 is 1.29 bits per heavy atom. The van der Waals surface area contributed by atoms with Gasteiger partial charge >= 0.3 is 0 Å². The van der Waals surface area contributed by atoms with Gasteiger partial charge in [0.05, 0.1) is 0 Å². The van der Waals surface area contributed by atoms with Crippen LogP contribution in [0.4, 0.5) is 0 Å². The molecular weight excluding hydrogens is 367 g/mol. The molecule has 28 heavy (non-hydrogen) atoms. The summed E-state index contributed by atoms with van der Waals surface area (Å²) in [7, 11) is 8.00. The summed E-state index contributed by atoms with van der Waals surface area (Å²) in [5, 5.41) is 2.32. The summed E-state index contributed by atoms with van der Waals surface area (Å²) in [4.78, 5) is 13.1. The fraction of sp³-hybridized carbons (Fsp3) is 0. The van der Waals surface area contributed by atoms with Crippen molar-refractivity contribution in [2.24, 2.45) is 0 Å². The first-order chi connectivity index (χ1) is 13.8. The number of rotatable bonds is 2. The van der Waals surface area contributed by atoms with Gasteiger partial charge in [-0.2, -0.15) is 9.97 Å². The molecule has 0 atom stereocenters. The van der Waals surface area contributed by atoms with Crippen LogP contribution in [0.1, 0.15) is 0 Å². The van der Waals surface area contributed by atoms with Crippen molar-refractivity contribution in [2.75, 3.05) is 0 Å². The molecule has 0 bridgehead atoms. The third kappa shape index (κ3) is 3.39. The van der Waals surface area contributed by atoms with Crippen LogP contribution in [-0.2, 0) is 0 Å². The SMILES string of the molecule is Clc1nc(-c2ccccc2)nc(-c2ccc3c(c2)oc2ccccc23)n1.[B][B]. The Kier molecular flexibility index (Phi) is 5.13. The average molecular weight is 379 g/mol. The largest absolute Gasteiger partial charge is 0.456 e. The Bertz CT molecular complexity index is 1260. The first-order valence-corrected chi connectivity index (χ1v) is 8.88. The topological polar surface area (TPSA) is 51.8 Å². The van der Waals surface area contributed by atoms with Gasteiger partial charge in [-0.3, -0.25) is 0 Å². The van der Waals surface area contributed by atoms with E-state index in [2.05, 4.69) is 30.4 Å². The van der Waals surface area contributed by atoms with Gasteiger partial charge < -0.3 is 4.42 Å². The highest BCUT2D eigenvalue weighted by Gasteiger charge is 2.12. The van der Waals surface area contributed by atoms with Crippen molar-refractivity contribution in [3.8, 4) is 22.8 Å². The van der Waals surface area contributed by atoms with E-state index in [1.54, 1.807) is 0 Å². The molecule has 4 radical (unpaired) electrons. The van der Waals surface area contributed by atoms with Crippen molar-refractivity contribution in [1.82, 2.24) is 15.0 Å². The Labute approximate surface area is 169 Å².